The minimum atomic E-state index is -3.00. The van der Waals surface area contributed by atoms with Gasteiger partial charge in [-0.15, -0.1) is 0 Å². The van der Waals surface area contributed by atoms with Gasteiger partial charge in [-0.1, -0.05) is 12.1 Å². The molecule has 2 aromatic heterocycles. The van der Waals surface area contributed by atoms with Crippen molar-refractivity contribution in [2.45, 2.75) is 19.4 Å². The van der Waals surface area contributed by atoms with Crippen LogP contribution in [0.1, 0.15) is 36.3 Å². The Morgan fingerprint density at radius 1 is 1.09 bits per heavy atom. The van der Waals surface area contributed by atoms with Crippen LogP contribution in [0.4, 0.5) is 35.1 Å². The Labute approximate surface area is 194 Å². The first kappa shape index (κ1) is 23.4. The summed E-state index contributed by atoms with van der Waals surface area (Å²) in [6.45, 7) is 1.51. The van der Waals surface area contributed by atoms with Crippen LogP contribution in [-0.2, 0) is 0 Å². The monoisotopic (exact) mass is 484 g/mol. The lowest BCUT2D eigenvalue weighted by Gasteiger charge is -2.21. The van der Waals surface area contributed by atoms with Crippen LogP contribution in [-0.4, -0.2) is 19.5 Å². The van der Waals surface area contributed by atoms with E-state index in [4.69, 9.17) is 11.5 Å². The summed E-state index contributed by atoms with van der Waals surface area (Å²) in [4.78, 5) is 25.5. The SMILES string of the molecule is C[C@H](Nc1nc(N)nc(N)c1C#N)c1nc2cccc(C(F)F)c2c(=O)n1-c1cc(F)cc(F)c1. The largest absolute Gasteiger partial charge is 0.382 e. The summed E-state index contributed by atoms with van der Waals surface area (Å²) in [7, 11) is 0. The normalized spacial score (nSPS) is 12.0. The maximum absolute atomic E-state index is 14.0. The summed E-state index contributed by atoms with van der Waals surface area (Å²) >= 11 is 0. The predicted octanol–water partition coefficient (Wildman–Crippen LogP) is 3.60. The number of halogens is 4. The van der Waals surface area contributed by atoms with Crippen molar-refractivity contribution < 1.29 is 17.6 Å². The number of nitrogen functional groups attached to an aromatic ring is 2. The van der Waals surface area contributed by atoms with Gasteiger partial charge in [-0.25, -0.2) is 22.5 Å². The molecular weight excluding hydrogens is 468 g/mol. The number of rotatable bonds is 5. The molecule has 0 saturated carbocycles. The molecule has 0 saturated heterocycles. The molecule has 2 heterocycles. The fourth-order valence-corrected chi connectivity index (χ4v) is 3.64. The van der Waals surface area contributed by atoms with Crippen molar-refractivity contribution >= 4 is 28.5 Å². The molecule has 0 bridgehead atoms. The van der Waals surface area contributed by atoms with Gasteiger partial charge in [0.25, 0.3) is 12.0 Å². The van der Waals surface area contributed by atoms with Crippen LogP contribution in [0.3, 0.4) is 0 Å². The van der Waals surface area contributed by atoms with Gasteiger partial charge >= 0.3 is 0 Å². The smallest absolute Gasteiger partial charge is 0.266 e. The van der Waals surface area contributed by atoms with E-state index < -0.39 is 40.6 Å². The number of fused-ring (bicyclic) bond motifs is 1. The van der Waals surface area contributed by atoms with Crippen molar-refractivity contribution in [2.75, 3.05) is 16.8 Å². The number of nitrogens with zero attached hydrogens (tertiary/aromatic N) is 5. The molecule has 178 valence electrons. The van der Waals surface area contributed by atoms with E-state index in [0.29, 0.717) is 6.07 Å². The lowest BCUT2D eigenvalue weighted by atomic mass is 10.1. The number of hydrogen-bond donors (Lipinski definition) is 3. The quantitative estimate of drug-likeness (QED) is 0.364. The second-order valence-electron chi connectivity index (χ2n) is 7.45. The van der Waals surface area contributed by atoms with Crippen LogP contribution in [0, 0.1) is 23.0 Å². The van der Waals surface area contributed by atoms with Gasteiger partial charge in [0.15, 0.2) is 5.82 Å². The molecule has 0 radical (unpaired) electrons. The zero-order valence-electron chi connectivity index (χ0n) is 17.9. The second kappa shape index (κ2) is 8.90. The number of nitrogens with one attached hydrogen (secondary N) is 1. The molecule has 35 heavy (non-hydrogen) atoms. The molecule has 0 amide bonds. The second-order valence-corrected chi connectivity index (χ2v) is 7.45. The fourth-order valence-electron chi connectivity index (χ4n) is 3.64. The van der Waals surface area contributed by atoms with Crippen LogP contribution >= 0.6 is 0 Å². The summed E-state index contributed by atoms with van der Waals surface area (Å²) in [5, 5.41) is 11.8. The summed E-state index contributed by atoms with van der Waals surface area (Å²) in [5.74, 6) is -2.63. The van der Waals surface area contributed by atoms with E-state index in [2.05, 4.69) is 20.3 Å². The Bertz CT molecular complexity index is 1540. The highest BCUT2D eigenvalue weighted by Crippen LogP contribution is 2.29. The topological polar surface area (TPSA) is 149 Å². The highest BCUT2D eigenvalue weighted by molar-refractivity contribution is 5.82. The van der Waals surface area contributed by atoms with E-state index in [1.165, 1.54) is 19.1 Å². The summed E-state index contributed by atoms with van der Waals surface area (Å²) in [6.07, 6.45) is -3.00. The van der Waals surface area contributed by atoms with Gasteiger partial charge in [-0.3, -0.25) is 9.36 Å². The molecule has 5 N–H and O–H groups in total. The fraction of sp³-hybridized carbons (Fsp3) is 0.136. The molecule has 0 fully saturated rings. The minimum Gasteiger partial charge on any atom is -0.382 e. The molecule has 9 nitrogen and oxygen atoms in total. The van der Waals surface area contributed by atoms with Gasteiger partial charge in [-0.05, 0) is 25.1 Å². The number of aromatic nitrogens is 4. The first-order valence-corrected chi connectivity index (χ1v) is 10.0. The van der Waals surface area contributed by atoms with Crippen LogP contribution in [0.25, 0.3) is 16.6 Å². The summed E-state index contributed by atoms with van der Waals surface area (Å²) in [6, 6.07) is 6.92. The van der Waals surface area contributed by atoms with Crippen LogP contribution in [0.2, 0.25) is 0 Å². The number of anilines is 3. The highest BCUT2D eigenvalue weighted by atomic mass is 19.3. The molecule has 0 aliphatic carbocycles. The van der Waals surface area contributed by atoms with Crippen molar-refractivity contribution in [3.63, 3.8) is 0 Å². The first-order chi connectivity index (χ1) is 16.6. The Morgan fingerprint density at radius 2 is 1.77 bits per heavy atom. The number of nitrogens with two attached hydrogens (primary N) is 2. The lowest BCUT2D eigenvalue weighted by Crippen LogP contribution is -2.28. The van der Waals surface area contributed by atoms with E-state index in [1.54, 1.807) is 0 Å². The molecule has 4 rings (SSSR count). The molecule has 0 spiro atoms. The van der Waals surface area contributed by atoms with Crippen molar-refractivity contribution in [3.05, 3.63) is 75.3 Å². The maximum Gasteiger partial charge on any atom is 0.266 e. The van der Waals surface area contributed by atoms with E-state index in [-0.39, 0.29) is 40.2 Å². The van der Waals surface area contributed by atoms with Crippen molar-refractivity contribution in [3.8, 4) is 11.8 Å². The number of benzene rings is 2. The molecule has 2 aromatic carbocycles. The molecule has 0 aliphatic heterocycles. The van der Waals surface area contributed by atoms with E-state index in [1.807, 2.05) is 6.07 Å². The van der Waals surface area contributed by atoms with Gasteiger partial charge in [0.1, 0.15) is 34.9 Å². The predicted molar refractivity (Wildman–Crippen MR) is 120 cm³/mol. The molecule has 13 heteroatoms. The van der Waals surface area contributed by atoms with Crippen molar-refractivity contribution in [1.29, 1.82) is 5.26 Å². The average Bonchev–Trinajstić information content (AvgIpc) is 2.77. The first-order valence-electron chi connectivity index (χ1n) is 10.0. The molecule has 0 aliphatic rings. The summed E-state index contributed by atoms with van der Waals surface area (Å²) in [5.41, 5.74) is 9.31. The maximum atomic E-state index is 14.0. The standard InChI is InChI=1S/C22H16F4N8O/c1-9(30-19-14(8-27)18(28)32-22(29)33-19)20-31-15-4-2-3-13(17(25)26)16(15)21(35)34(20)12-6-10(23)5-11(24)7-12/h2-7,9,17H,1H3,(H5,28,29,30,32,33)/t9-/m0/s1. The third-order valence-corrected chi connectivity index (χ3v) is 5.10. The van der Waals surface area contributed by atoms with Crippen LogP contribution in [0.15, 0.2) is 41.2 Å². The minimum absolute atomic E-state index is 0.0632. The lowest BCUT2D eigenvalue weighted by molar-refractivity contribution is 0.153. The van der Waals surface area contributed by atoms with E-state index in [9.17, 15) is 27.6 Å². The van der Waals surface area contributed by atoms with E-state index in [0.717, 1.165) is 22.8 Å². The zero-order valence-corrected chi connectivity index (χ0v) is 17.9. The zero-order chi connectivity index (χ0) is 25.4. The Morgan fingerprint density at radius 3 is 2.40 bits per heavy atom. The Kier molecular flexibility index (Phi) is 5.96. The third kappa shape index (κ3) is 4.29. The van der Waals surface area contributed by atoms with Gasteiger partial charge in [0, 0.05) is 11.6 Å². The molecular formula is C22H16F4N8O. The van der Waals surface area contributed by atoms with Gasteiger partial charge in [-0.2, -0.15) is 15.2 Å². The summed E-state index contributed by atoms with van der Waals surface area (Å²) < 4.78 is 56.2. The van der Waals surface area contributed by atoms with Crippen LogP contribution in [0.5, 0.6) is 0 Å². The number of nitriles is 1. The molecule has 1 atom stereocenters. The highest BCUT2D eigenvalue weighted by Gasteiger charge is 2.24. The van der Waals surface area contributed by atoms with Crippen molar-refractivity contribution in [2.24, 2.45) is 0 Å². The molecule has 4 aromatic rings. The Hall–Kier alpha value is -4.73. The van der Waals surface area contributed by atoms with E-state index >= 15 is 0 Å². The van der Waals surface area contributed by atoms with Gasteiger partial charge in [0.2, 0.25) is 5.95 Å². The third-order valence-electron chi connectivity index (χ3n) is 5.10. The Balaban J connectivity index is 2.00. The van der Waals surface area contributed by atoms with Gasteiger partial charge in [0.05, 0.1) is 22.6 Å². The average molecular weight is 484 g/mol. The number of hydrogen-bond acceptors (Lipinski definition) is 8. The van der Waals surface area contributed by atoms with Crippen LogP contribution < -0.4 is 22.3 Å². The number of alkyl halides is 2. The molecule has 0 unspecified atom stereocenters. The van der Waals surface area contributed by atoms with Crippen molar-refractivity contribution in [1.82, 2.24) is 19.5 Å². The van der Waals surface area contributed by atoms with Gasteiger partial charge < -0.3 is 16.8 Å².